The first-order chi connectivity index (χ1) is 23.7. The molecular weight excluding hydrogens is 754 g/mol. The molecule has 3 aromatic carbocycles. The predicted octanol–water partition coefficient (Wildman–Crippen LogP) is 6.76. The number of amides is 1. The lowest BCUT2D eigenvalue weighted by atomic mass is 10.1. The number of ether oxygens (including phenoxy) is 1. The molecule has 0 bridgehead atoms. The van der Waals surface area contributed by atoms with E-state index in [0.717, 1.165) is 52.3 Å². The summed E-state index contributed by atoms with van der Waals surface area (Å²) < 4.78 is 7.62. The van der Waals surface area contributed by atoms with Gasteiger partial charge < -0.3 is 25.8 Å². The molecule has 1 amide bonds. The number of aromatic hydroxyl groups is 1. The molecule has 0 atom stereocenters. The van der Waals surface area contributed by atoms with E-state index in [1.165, 1.54) is 13.3 Å². The number of anilines is 3. The van der Waals surface area contributed by atoms with Gasteiger partial charge in [-0.3, -0.25) is 4.79 Å². The van der Waals surface area contributed by atoms with Crippen molar-refractivity contribution < 1.29 is 14.6 Å². The van der Waals surface area contributed by atoms with Crippen molar-refractivity contribution in [2.45, 2.75) is 25.9 Å². The molecule has 0 saturated carbocycles. The van der Waals surface area contributed by atoms with Gasteiger partial charge in [0.25, 0.3) is 0 Å². The van der Waals surface area contributed by atoms with E-state index >= 15 is 0 Å². The molecule has 0 unspecified atom stereocenters. The van der Waals surface area contributed by atoms with Crippen LogP contribution in [-0.2, 0) is 4.79 Å². The SMILES string of the molecule is C#Cc1cc(OC2CCNCC2)c2nc(Nc3cc(NC(C)=O)cc(-c4cncnc4)c3)ncc2c1.Oc1cc(Br)cc2cnc(Br)nc12. The Labute approximate surface area is 298 Å². The van der Waals surface area contributed by atoms with E-state index in [-0.39, 0.29) is 17.8 Å². The summed E-state index contributed by atoms with van der Waals surface area (Å²) in [4.78, 5) is 37.2. The maximum Gasteiger partial charge on any atom is 0.227 e. The summed E-state index contributed by atoms with van der Waals surface area (Å²) in [5, 5.41) is 20.6. The van der Waals surface area contributed by atoms with Crippen LogP contribution in [0.3, 0.4) is 0 Å². The third-order valence-corrected chi connectivity index (χ3v) is 8.24. The summed E-state index contributed by atoms with van der Waals surface area (Å²) in [7, 11) is 0. The highest BCUT2D eigenvalue weighted by Gasteiger charge is 2.18. The monoisotopic (exact) mass is 781 g/mol. The van der Waals surface area contributed by atoms with Crippen LogP contribution >= 0.6 is 31.9 Å². The fourth-order valence-corrected chi connectivity index (χ4v) is 5.97. The number of nitrogens with one attached hydrogen (secondary N) is 3. The smallest absolute Gasteiger partial charge is 0.227 e. The molecule has 0 radical (unpaired) electrons. The van der Waals surface area contributed by atoms with Gasteiger partial charge in [0.15, 0.2) is 4.73 Å². The van der Waals surface area contributed by atoms with Crippen LogP contribution < -0.4 is 20.7 Å². The van der Waals surface area contributed by atoms with Crippen LogP contribution in [0.15, 0.2) is 82.8 Å². The van der Waals surface area contributed by atoms with Crippen molar-refractivity contribution in [3.05, 3.63) is 88.3 Å². The summed E-state index contributed by atoms with van der Waals surface area (Å²) in [6, 6.07) is 12.8. The van der Waals surface area contributed by atoms with Crippen molar-refractivity contribution in [1.82, 2.24) is 35.2 Å². The molecule has 4 heterocycles. The van der Waals surface area contributed by atoms with Crippen LogP contribution in [0.2, 0.25) is 0 Å². The largest absolute Gasteiger partial charge is 0.506 e. The lowest BCUT2D eigenvalue weighted by Gasteiger charge is -2.24. The first-order valence-corrected chi connectivity index (χ1v) is 16.7. The number of fused-ring (bicyclic) bond motifs is 2. The van der Waals surface area contributed by atoms with Crippen molar-refractivity contribution >= 4 is 76.9 Å². The number of hydrogen-bond acceptors (Lipinski definition) is 11. The van der Waals surface area contributed by atoms with Crippen LogP contribution in [-0.4, -0.2) is 60.1 Å². The zero-order chi connectivity index (χ0) is 34.3. The molecule has 246 valence electrons. The number of piperidine rings is 1. The minimum Gasteiger partial charge on any atom is -0.506 e. The Balaban J connectivity index is 0.000000267. The van der Waals surface area contributed by atoms with Crippen LogP contribution in [0.25, 0.3) is 32.9 Å². The third-order valence-electron chi connectivity index (χ3n) is 7.40. The second-order valence-electron chi connectivity index (χ2n) is 11.1. The second kappa shape index (κ2) is 15.3. The van der Waals surface area contributed by atoms with Crippen LogP contribution in [0.5, 0.6) is 11.5 Å². The van der Waals surface area contributed by atoms with Crippen molar-refractivity contribution in [2.24, 2.45) is 0 Å². The van der Waals surface area contributed by atoms with Gasteiger partial charge in [-0.05, 0) is 89.9 Å². The Bertz CT molecular complexity index is 2190. The Kier molecular flexibility index (Phi) is 10.5. The van der Waals surface area contributed by atoms with E-state index < -0.39 is 0 Å². The number of phenolic OH excluding ortho intramolecular Hbond substituents is 1. The highest BCUT2D eigenvalue weighted by molar-refractivity contribution is 9.10. The molecule has 1 saturated heterocycles. The van der Waals surface area contributed by atoms with Crippen LogP contribution in [0, 0.1) is 12.3 Å². The molecule has 7 rings (SSSR count). The Morgan fingerprint density at radius 1 is 0.918 bits per heavy atom. The van der Waals surface area contributed by atoms with Gasteiger partial charge in [0.2, 0.25) is 11.9 Å². The van der Waals surface area contributed by atoms with E-state index in [1.807, 2.05) is 36.4 Å². The summed E-state index contributed by atoms with van der Waals surface area (Å²) in [5.74, 6) is 3.69. The fraction of sp³-hybridized carbons (Fsp3) is 0.171. The van der Waals surface area contributed by atoms with Crippen LogP contribution in [0.1, 0.15) is 25.3 Å². The Morgan fingerprint density at radius 3 is 2.41 bits per heavy atom. The topological polar surface area (TPSA) is 160 Å². The lowest BCUT2D eigenvalue weighted by molar-refractivity contribution is -0.114. The quantitative estimate of drug-likeness (QED) is 0.104. The van der Waals surface area contributed by atoms with Gasteiger partial charge >= 0.3 is 0 Å². The van der Waals surface area contributed by atoms with Gasteiger partial charge in [-0.15, -0.1) is 6.42 Å². The highest BCUT2D eigenvalue weighted by atomic mass is 79.9. The van der Waals surface area contributed by atoms with Gasteiger partial charge in [0, 0.05) is 69.5 Å². The summed E-state index contributed by atoms with van der Waals surface area (Å²) in [6.45, 7) is 3.30. The van der Waals surface area contributed by atoms with Crippen molar-refractivity contribution in [3.8, 4) is 35.0 Å². The predicted molar refractivity (Wildman–Crippen MR) is 196 cm³/mol. The average Bonchev–Trinajstić information content (AvgIpc) is 3.09. The summed E-state index contributed by atoms with van der Waals surface area (Å²) in [6.07, 6.45) is 15.9. The Hall–Kier alpha value is -5.23. The number of benzene rings is 3. The van der Waals surface area contributed by atoms with E-state index in [9.17, 15) is 9.90 Å². The molecule has 3 aromatic heterocycles. The molecule has 0 spiro atoms. The number of carbonyl (C=O) groups is 1. The number of aromatic nitrogens is 6. The number of terminal acetylenes is 1. The average molecular weight is 783 g/mol. The molecule has 49 heavy (non-hydrogen) atoms. The molecule has 1 aliphatic rings. The van der Waals surface area contributed by atoms with E-state index in [1.54, 1.807) is 30.9 Å². The molecule has 6 aromatic rings. The third kappa shape index (κ3) is 8.63. The summed E-state index contributed by atoms with van der Waals surface area (Å²) in [5.41, 5.74) is 4.91. The molecule has 1 aliphatic heterocycles. The van der Waals surface area contributed by atoms with Gasteiger partial charge in [-0.25, -0.2) is 29.9 Å². The molecule has 0 aliphatic carbocycles. The minimum absolute atomic E-state index is 0.0961. The molecule has 4 N–H and O–H groups in total. The number of nitrogens with zero attached hydrogens (tertiary/aromatic N) is 6. The van der Waals surface area contributed by atoms with E-state index in [4.69, 9.17) is 16.1 Å². The van der Waals surface area contributed by atoms with Gasteiger partial charge in [0.05, 0.1) is 0 Å². The normalized spacial score (nSPS) is 12.9. The molecule has 1 fully saturated rings. The number of phenols is 1. The maximum atomic E-state index is 11.7. The van der Waals surface area contributed by atoms with Gasteiger partial charge in [-0.2, -0.15) is 0 Å². The number of hydrogen-bond donors (Lipinski definition) is 4. The van der Waals surface area contributed by atoms with E-state index in [2.05, 4.69) is 78.7 Å². The second-order valence-corrected chi connectivity index (χ2v) is 12.7. The van der Waals surface area contributed by atoms with Gasteiger partial charge in [0.1, 0.15) is 35.0 Å². The Morgan fingerprint density at radius 2 is 1.65 bits per heavy atom. The summed E-state index contributed by atoms with van der Waals surface area (Å²) >= 11 is 6.41. The first-order valence-electron chi connectivity index (χ1n) is 15.1. The minimum atomic E-state index is -0.173. The zero-order valence-corrected chi connectivity index (χ0v) is 29.3. The lowest BCUT2D eigenvalue weighted by Crippen LogP contribution is -2.34. The van der Waals surface area contributed by atoms with Crippen LogP contribution in [0.4, 0.5) is 17.3 Å². The number of halogens is 2. The highest BCUT2D eigenvalue weighted by Crippen LogP contribution is 2.32. The molecule has 12 nitrogen and oxygen atoms in total. The van der Waals surface area contributed by atoms with Crippen molar-refractivity contribution in [2.75, 3.05) is 23.7 Å². The van der Waals surface area contributed by atoms with E-state index in [0.29, 0.717) is 44.4 Å². The number of rotatable bonds is 6. The maximum absolute atomic E-state index is 11.7. The first kappa shape index (κ1) is 33.7. The standard InChI is InChI=1S/C27H25N7O2.C8H4Br2N2O/c1-3-18-8-20-15-31-27(34-26(20)25(9-18)36-24-4-6-28-7-5-24)33-23-11-19(21-13-29-16-30-14-21)10-22(12-23)32-17(2)35;9-5-1-4-3-11-8(10)12-7(4)6(13)2-5/h1,8-16,24,28H,4-7H2,2H3,(H,32,35)(H,31,33,34);1-3,13H. The number of carbonyl (C=O) groups excluding carboxylic acids is 1. The van der Waals surface area contributed by atoms with Gasteiger partial charge in [-0.1, -0.05) is 21.9 Å². The fourth-order valence-electron chi connectivity index (χ4n) is 5.23. The van der Waals surface area contributed by atoms with Crippen molar-refractivity contribution in [1.29, 1.82) is 0 Å². The van der Waals surface area contributed by atoms with Crippen molar-refractivity contribution in [3.63, 3.8) is 0 Å². The molecule has 14 heteroatoms. The molecular formula is C35H29Br2N9O3. The zero-order valence-electron chi connectivity index (χ0n) is 26.1.